The molecule has 0 amide bonds. The molecule has 1 aliphatic heterocycles. The van der Waals surface area contributed by atoms with E-state index in [0.29, 0.717) is 11.3 Å². The average molecular weight is 544 g/mol. The number of thiazole rings is 2. The van der Waals surface area contributed by atoms with Crippen LogP contribution < -0.4 is 9.62 Å². The van der Waals surface area contributed by atoms with Gasteiger partial charge in [-0.3, -0.25) is 9.62 Å². The van der Waals surface area contributed by atoms with Crippen LogP contribution in [0.15, 0.2) is 63.6 Å². The third kappa shape index (κ3) is 5.29. The Morgan fingerprint density at radius 2 is 2.03 bits per heavy atom. The SMILES string of the molecule is Cc1cc(S(=O)(=O)Nc2cscn2)c(F)cc1N(C)C1CCN(Cc2csc(-c3ccccc3)n2)C1. The number of halogens is 1. The number of anilines is 2. The molecule has 1 atom stereocenters. The highest BCUT2D eigenvalue weighted by molar-refractivity contribution is 7.92. The van der Waals surface area contributed by atoms with Crippen LogP contribution in [0.5, 0.6) is 0 Å². The number of likely N-dealkylation sites (N-methyl/N-ethyl adjacent to an activating group) is 1. The first kappa shape index (κ1) is 24.8. The number of nitrogens with zero attached hydrogens (tertiary/aromatic N) is 4. The number of nitrogens with one attached hydrogen (secondary N) is 1. The van der Waals surface area contributed by atoms with E-state index in [4.69, 9.17) is 4.98 Å². The fourth-order valence-corrected chi connectivity index (χ4v) is 7.00. The van der Waals surface area contributed by atoms with E-state index in [1.807, 2.05) is 25.2 Å². The van der Waals surface area contributed by atoms with Gasteiger partial charge in [-0.25, -0.2) is 22.8 Å². The van der Waals surface area contributed by atoms with Gasteiger partial charge in [0.15, 0.2) is 5.82 Å². The number of hydrogen-bond acceptors (Lipinski definition) is 8. The number of rotatable bonds is 8. The molecule has 0 aliphatic carbocycles. The molecule has 0 radical (unpaired) electrons. The van der Waals surface area contributed by atoms with Crippen LogP contribution in [-0.4, -0.2) is 49.5 Å². The maximum Gasteiger partial charge on any atom is 0.266 e. The Morgan fingerprint density at radius 1 is 1.22 bits per heavy atom. The molecule has 1 saturated heterocycles. The molecule has 0 spiro atoms. The third-order valence-corrected chi connectivity index (χ3v) is 9.24. The normalized spacial score (nSPS) is 16.4. The van der Waals surface area contributed by atoms with Crippen molar-refractivity contribution in [2.45, 2.75) is 30.8 Å². The fourth-order valence-electron chi connectivity index (χ4n) is 4.48. The molecule has 2 aromatic carbocycles. The van der Waals surface area contributed by atoms with Crippen molar-refractivity contribution in [1.29, 1.82) is 0 Å². The number of benzene rings is 2. The fraction of sp³-hybridized carbons (Fsp3) is 0.280. The average Bonchev–Trinajstić information content (AvgIpc) is 3.63. The molecule has 1 unspecified atom stereocenters. The van der Waals surface area contributed by atoms with E-state index in [1.165, 1.54) is 29.0 Å². The Bertz CT molecular complexity index is 1440. The molecule has 3 heterocycles. The summed E-state index contributed by atoms with van der Waals surface area (Å²) >= 11 is 2.91. The summed E-state index contributed by atoms with van der Waals surface area (Å²) in [5.41, 5.74) is 5.07. The van der Waals surface area contributed by atoms with Crippen molar-refractivity contribution in [2.75, 3.05) is 29.8 Å². The lowest BCUT2D eigenvalue weighted by Gasteiger charge is -2.29. The number of likely N-dealkylation sites (tertiary alicyclic amines) is 1. The minimum Gasteiger partial charge on any atom is -0.370 e. The molecular weight excluding hydrogens is 518 g/mol. The summed E-state index contributed by atoms with van der Waals surface area (Å²) in [5.74, 6) is -0.601. The second-order valence-corrected chi connectivity index (χ2v) is 12.1. The van der Waals surface area contributed by atoms with Crippen molar-refractivity contribution in [3.8, 4) is 10.6 Å². The van der Waals surface area contributed by atoms with Crippen LogP contribution in [0, 0.1) is 12.7 Å². The molecule has 188 valence electrons. The highest BCUT2D eigenvalue weighted by Gasteiger charge is 2.29. The molecule has 1 fully saturated rings. The Balaban J connectivity index is 1.26. The van der Waals surface area contributed by atoms with Gasteiger partial charge in [0, 0.05) is 54.7 Å². The Kier molecular flexibility index (Phi) is 7.07. The largest absolute Gasteiger partial charge is 0.370 e. The van der Waals surface area contributed by atoms with Gasteiger partial charge in [-0.05, 0) is 31.0 Å². The van der Waals surface area contributed by atoms with Gasteiger partial charge >= 0.3 is 0 Å². The maximum absolute atomic E-state index is 15.0. The minimum atomic E-state index is -4.07. The van der Waals surface area contributed by atoms with Crippen LogP contribution in [0.1, 0.15) is 17.7 Å². The Hall–Kier alpha value is -2.86. The van der Waals surface area contributed by atoms with Crippen LogP contribution in [0.4, 0.5) is 15.9 Å². The standard InChI is InChI=1S/C25H26FN5O2S3/c1-17-10-23(36(32,33)29-24-15-34-16-27-24)21(26)11-22(17)30(2)20-8-9-31(13-20)12-19-14-35-25(28-19)18-6-4-3-5-7-18/h3-7,10-11,14-16,20,29H,8-9,12-13H2,1-2H3. The van der Waals surface area contributed by atoms with Gasteiger partial charge in [0.05, 0.1) is 11.2 Å². The van der Waals surface area contributed by atoms with Crippen molar-refractivity contribution in [2.24, 2.45) is 0 Å². The lowest BCUT2D eigenvalue weighted by Crippen LogP contribution is -2.35. The zero-order chi connectivity index (χ0) is 25.3. The first-order valence-corrected chi connectivity index (χ1v) is 14.8. The van der Waals surface area contributed by atoms with E-state index in [1.54, 1.807) is 23.6 Å². The van der Waals surface area contributed by atoms with Crippen molar-refractivity contribution in [1.82, 2.24) is 14.9 Å². The molecule has 1 N–H and O–H groups in total. The van der Waals surface area contributed by atoms with Gasteiger partial charge < -0.3 is 4.90 Å². The topological polar surface area (TPSA) is 78.4 Å². The minimum absolute atomic E-state index is 0.181. The lowest BCUT2D eigenvalue weighted by molar-refractivity contribution is 0.322. The van der Waals surface area contributed by atoms with E-state index in [9.17, 15) is 8.42 Å². The summed E-state index contributed by atoms with van der Waals surface area (Å²) in [6.07, 6.45) is 0.929. The summed E-state index contributed by atoms with van der Waals surface area (Å²) in [4.78, 5) is 12.8. The van der Waals surface area contributed by atoms with Gasteiger partial charge in [-0.15, -0.1) is 22.7 Å². The predicted molar refractivity (Wildman–Crippen MR) is 144 cm³/mol. The van der Waals surface area contributed by atoms with Crippen LogP contribution in [0.2, 0.25) is 0 Å². The molecule has 4 aromatic rings. The second-order valence-electron chi connectivity index (χ2n) is 8.85. The molecule has 11 heteroatoms. The monoisotopic (exact) mass is 543 g/mol. The molecule has 5 rings (SSSR count). The van der Waals surface area contributed by atoms with Gasteiger partial charge in [-0.1, -0.05) is 30.3 Å². The molecule has 2 aromatic heterocycles. The number of sulfonamides is 1. The zero-order valence-corrected chi connectivity index (χ0v) is 22.3. The molecule has 0 bridgehead atoms. The highest BCUT2D eigenvalue weighted by atomic mass is 32.2. The van der Waals surface area contributed by atoms with Crippen LogP contribution in [0.25, 0.3) is 10.6 Å². The third-order valence-electron chi connectivity index (χ3n) is 6.34. The van der Waals surface area contributed by atoms with Gasteiger partial charge in [0.1, 0.15) is 15.7 Å². The highest BCUT2D eigenvalue weighted by Crippen LogP contribution is 2.31. The van der Waals surface area contributed by atoms with E-state index < -0.39 is 15.8 Å². The van der Waals surface area contributed by atoms with Gasteiger partial charge in [0.2, 0.25) is 0 Å². The van der Waals surface area contributed by atoms with Crippen LogP contribution in [0.3, 0.4) is 0 Å². The van der Waals surface area contributed by atoms with Crippen molar-refractivity contribution in [3.63, 3.8) is 0 Å². The summed E-state index contributed by atoms with van der Waals surface area (Å²) in [6.45, 7) is 4.31. The number of aromatic nitrogens is 2. The predicted octanol–water partition coefficient (Wildman–Crippen LogP) is 5.23. The van der Waals surface area contributed by atoms with Crippen molar-refractivity contribution < 1.29 is 12.8 Å². The molecular formula is C25H26FN5O2S3. The van der Waals surface area contributed by atoms with E-state index in [-0.39, 0.29) is 16.8 Å². The summed E-state index contributed by atoms with van der Waals surface area (Å²) < 4.78 is 42.8. The lowest BCUT2D eigenvalue weighted by atomic mass is 10.1. The Labute approximate surface area is 218 Å². The molecule has 7 nitrogen and oxygen atoms in total. The van der Waals surface area contributed by atoms with Crippen molar-refractivity contribution >= 4 is 44.2 Å². The van der Waals surface area contributed by atoms with E-state index in [0.717, 1.165) is 42.3 Å². The van der Waals surface area contributed by atoms with Crippen LogP contribution >= 0.6 is 22.7 Å². The summed E-state index contributed by atoms with van der Waals surface area (Å²) in [5, 5.41) is 4.69. The first-order valence-electron chi connectivity index (χ1n) is 11.5. The van der Waals surface area contributed by atoms with Crippen LogP contribution in [-0.2, 0) is 16.6 Å². The smallest absolute Gasteiger partial charge is 0.266 e. The Morgan fingerprint density at radius 3 is 2.78 bits per heavy atom. The molecule has 0 saturated carbocycles. The van der Waals surface area contributed by atoms with E-state index >= 15 is 4.39 Å². The molecule has 36 heavy (non-hydrogen) atoms. The molecule has 1 aliphatic rings. The summed E-state index contributed by atoms with van der Waals surface area (Å²) in [6, 6.07) is 13.1. The van der Waals surface area contributed by atoms with E-state index in [2.05, 4.69) is 37.0 Å². The maximum atomic E-state index is 15.0. The van der Waals surface area contributed by atoms with Gasteiger partial charge in [-0.2, -0.15) is 0 Å². The zero-order valence-electron chi connectivity index (χ0n) is 19.9. The van der Waals surface area contributed by atoms with Crippen molar-refractivity contribution in [3.05, 3.63) is 75.8 Å². The summed E-state index contributed by atoms with van der Waals surface area (Å²) in [7, 11) is -2.13. The first-order chi connectivity index (χ1) is 17.3. The second kappa shape index (κ2) is 10.3. The number of aryl methyl sites for hydroxylation is 1. The number of hydrogen-bond donors (Lipinski definition) is 1. The van der Waals surface area contributed by atoms with Gasteiger partial charge in [0.25, 0.3) is 10.0 Å². The quantitative estimate of drug-likeness (QED) is 0.328.